The normalized spacial score (nSPS) is 12.7. The van der Waals surface area contributed by atoms with Crippen molar-refractivity contribution >= 4 is 31.9 Å². The Morgan fingerprint density at radius 1 is 1.11 bits per heavy atom. The number of furan rings is 1. The average Bonchev–Trinajstić information content (AvgIpc) is 2.64. The van der Waals surface area contributed by atoms with Gasteiger partial charge in [0.05, 0.1) is 6.04 Å². The maximum absolute atomic E-state index is 5.62. The van der Waals surface area contributed by atoms with E-state index in [-0.39, 0.29) is 6.04 Å². The molecule has 0 amide bonds. The minimum atomic E-state index is 0.120. The van der Waals surface area contributed by atoms with E-state index in [0.29, 0.717) is 0 Å². The van der Waals surface area contributed by atoms with Crippen LogP contribution in [-0.4, -0.2) is 7.05 Å². The monoisotopic (exact) mass is 371 g/mol. The number of hydrogen-bond acceptors (Lipinski definition) is 2. The van der Waals surface area contributed by atoms with Crippen LogP contribution < -0.4 is 5.32 Å². The summed E-state index contributed by atoms with van der Waals surface area (Å²) in [4.78, 5) is 0. The lowest BCUT2D eigenvalue weighted by molar-refractivity contribution is 0.497. The van der Waals surface area contributed by atoms with Gasteiger partial charge in [0.2, 0.25) is 0 Å². The van der Waals surface area contributed by atoms with Gasteiger partial charge in [0, 0.05) is 14.5 Å². The van der Waals surface area contributed by atoms with Crippen molar-refractivity contribution in [3.05, 3.63) is 55.9 Å². The molecule has 1 aromatic carbocycles. The van der Waals surface area contributed by atoms with E-state index in [1.54, 1.807) is 0 Å². The largest absolute Gasteiger partial charge is 0.466 e. The van der Waals surface area contributed by atoms with Crippen LogP contribution in [0.4, 0.5) is 0 Å². The molecule has 1 unspecified atom stereocenters. The summed E-state index contributed by atoms with van der Waals surface area (Å²) in [6.07, 6.45) is 0. The molecule has 1 heterocycles. The molecule has 0 saturated carbocycles. The van der Waals surface area contributed by atoms with E-state index in [9.17, 15) is 0 Å². The fraction of sp³-hybridized carbons (Fsp3) is 0.286. The molecule has 4 heteroatoms. The van der Waals surface area contributed by atoms with Crippen molar-refractivity contribution in [2.75, 3.05) is 7.05 Å². The highest BCUT2D eigenvalue weighted by Crippen LogP contribution is 2.33. The van der Waals surface area contributed by atoms with Gasteiger partial charge in [-0.25, -0.2) is 0 Å². The second-order valence-electron chi connectivity index (χ2n) is 4.26. The summed E-state index contributed by atoms with van der Waals surface area (Å²) in [6.45, 7) is 3.97. The molecule has 0 spiro atoms. The molecule has 2 nitrogen and oxygen atoms in total. The van der Waals surface area contributed by atoms with Gasteiger partial charge in [0.15, 0.2) is 0 Å². The molecule has 1 N–H and O–H groups in total. The first-order chi connectivity index (χ1) is 8.52. The molecule has 0 saturated heterocycles. The zero-order valence-corrected chi connectivity index (χ0v) is 13.7. The Balaban J connectivity index is 2.51. The molecule has 0 fully saturated rings. The van der Waals surface area contributed by atoms with Crippen LogP contribution >= 0.6 is 31.9 Å². The Morgan fingerprint density at radius 3 is 2.39 bits per heavy atom. The molecule has 96 valence electrons. The third-order valence-corrected chi connectivity index (χ3v) is 4.16. The summed E-state index contributed by atoms with van der Waals surface area (Å²) in [5, 5.41) is 3.35. The molecule has 0 bridgehead atoms. The lowest BCUT2D eigenvalue weighted by Gasteiger charge is -2.18. The van der Waals surface area contributed by atoms with Crippen LogP contribution in [0.5, 0.6) is 0 Å². The van der Waals surface area contributed by atoms with Crippen LogP contribution in [0.15, 0.2) is 37.6 Å². The first kappa shape index (κ1) is 13.8. The number of benzene rings is 1. The van der Waals surface area contributed by atoms with Gasteiger partial charge in [0.25, 0.3) is 0 Å². The van der Waals surface area contributed by atoms with E-state index in [2.05, 4.69) is 49.3 Å². The van der Waals surface area contributed by atoms with Gasteiger partial charge in [-0.2, -0.15) is 0 Å². The van der Waals surface area contributed by atoms with Crippen molar-refractivity contribution in [2.24, 2.45) is 0 Å². The minimum absolute atomic E-state index is 0.120. The number of hydrogen-bond donors (Lipinski definition) is 1. The van der Waals surface area contributed by atoms with Gasteiger partial charge in [-0.05, 0) is 50.7 Å². The topological polar surface area (TPSA) is 25.2 Å². The Labute approximate surface area is 124 Å². The van der Waals surface area contributed by atoms with Crippen molar-refractivity contribution in [2.45, 2.75) is 19.9 Å². The summed E-state index contributed by atoms with van der Waals surface area (Å²) in [5.74, 6) is 1.90. The Morgan fingerprint density at radius 2 is 1.83 bits per heavy atom. The van der Waals surface area contributed by atoms with E-state index in [4.69, 9.17) is 4.42 Å². The van der Waals surface area contributed by atoms with Crippen LogP contribution in [0.3, 0.4) is 0 Å². The summed E-state index contributed by atoms with van der Waals surface area (Å²) in [6, 6.07) is 8.39. The second-order valence-corrected chi connectivity index (χ2v) is 6.03. The Hall–Kier alpha value is -0.580. The average molecular weight is 373 g/mol. The maximum atomic E-state index is 5.62. The third kappa shape index (κ3) is 2.71. The van der Waals surface area contributed by atoms with Gasteiger partial charge in [-0.3, -0.25) is 0 Å². The lowest BCUT2D eigenvalue weighted by atomic mass is 9.99. The second kappa shape index (κ2) is 5.59. The zero-order valence-electron chi connectivity index (χ0n) is 10.6. The molecule has 1 atom stereocenters. The lowest BCUT2D eigenvalue weighted by Crippen LogP contribution is -2.18. The van der Waals surface area contributed by atoms with E-state index in [1.807, 2.05) is 33.0 Å². The van der Waals surface area contributed by atoms with E-state index >= 15 is 0 Å². The zero-order chi connectivity index (χ0) is 13.3. The molecule has 0 radical (unpaired) electrons. The van der Waals surface area contributed by atoms with Crippen LogP contribution in [0, 0.1) is 13.8 Å². The molecule has 2 aromatic rings. The smallest absolute Gasteiger partial charge is 0.106 e. The predicted octanol–water partition coefficient (Wildman–Crippen LogP) is 4.73. The number of halogens is 2. The molecule has 2 rings (SSSR count). The molecular formula is C14H15Br2NO. The standard InChI is InChI=1S/C14H15Br2NO/c1-8-6-11(9(2)18-8)14(17-3)12-7-10(15)4-5-13(12)16/h4-7,14,17H,1-3H3. The van der Waals surface area contributed by atoms with E-state index < -0.39 is 0 Å². The maximum Gasteiger partial charge on any atom is 0.106 e. The summed E-state index contributed by atoms with van der Waals surface area (Å²) < 4.78 is 7.78. The predicted molar refractivity (Wildman–Crippen MR) is 80.9 cm³/mol. The molecule has 0 aliphatic rings. The van der Waals surface area contributed by atoms with Gasteiger partial charge in [0.1, 0.15) is 11.5 Å². The van der Waals surface area contributed by atoms with Crippen molar-refractivity contribution in [3.63, 3.8) is 0 Å². The molecular weight excluding hydrogens is 358 g/mol. The van der Waals surface area contributed by atoms with Gasteiger partial charge in [-0.15, -0.1) is 0 Å². The van der Waals surface area contributed by atoms with Crippen LogP contribution in [0.25, 0.3) is 0 Å². The van der Waals surface area contributed by atoms with Crippen LogP contribution in [-0.2, 0) is 0 Å². The first-order valence-electron chi connectivity index (χ1n) is 5.72. The van der Waals surface area contributed by atoms with Crippen LogP contribution in [0.1, 0.15) is 28.7 Å². The Bertz CT molecular complexity index is 563. The van der Waals surface area contributed by atoms with Gasteiger partial charge < -0.3 is 9.73 Å². The molecule has 0 aliphatic heterocycles. The first-order valence-corrected chi connectivity index (χ1v) is 7.30. The third-order valence-electron chi connectivity index (χ3n) is 2.95. The summed E-state index contributed by atoms with van der Waals surface area (Å²) in [7, 11) is 1.96. The molecule has 1 aromatic heterocycles. The quantitative estimate of drug-likeness (QED) is 0.842. The molecule has 18 heavy (non-hydrogen) atoms. The Kier molecular flexibility index (Phi) is 4.30. The van der Waals surface area contributed by atoms with Gasteiger partial charge in [-0.1, -0.05) is 31.9 Å². The summed E-state index contributed by atoms with van der Waals surface area (Å²) in [5.41, 5.74) is 2.37. The highest BCUT2D eigenvalue weighted by molar-refractivity contribution is 9.11. The fourth-order valence-electron chi connectivity index (χ4n) is 2.15. The van der Waals surface area contributed by atoms with Crippen LogP contribution in [0.2, 0.25) is 0 Å². The van der Waals surface area contributed by atoms with Crippen molar-refractivity contribution in [1.29, 1.82) is 0 Å². The van der Waals surface area contributed by atoms with E-state index in [1.165, 1.54) is 11.1 Å². The highest BCUT2D eigenvalue weighted by atomic mass is 79.9. The van der Waals surface area contributed by atoms with E-state index in [0.717, 1.165) is 20.5 Å². The molecule has 0 aliphatic carbocycles. The number of rotatable bonds is 3. The SMILES string of the molecule is CNC(c1cc(Br)ccc1Br)c1cc(C)oc1C. The van der Waals surface area contributed by atoms with Crippen molar-refractivity contribution in [3.8, 4) is 0 Å². The van der Waals surface area contributed by atoms with Crippen molar-refractivity contribution in [1.82, 2.24) is 5.32 Å². The summed E-state index contributed by atoms with van der Waals surface area (Å²) >= 11 is 7.13. The minimum Gasteiger partial charge on any atom is -0.466 e. The number of aryl methyl sites for hydroxylation is 2. The van der Waals surface area contributed by atoms with Gasteiger partial charge >= 0.3 is 0 Å². The number of nitrogens with one attached hydrogen (secondary N) is 1. The van der Waals surface area contributed by atoms with Crippen molar-refractivity contribution < 1.29 is 4.42 Å². The fourth-order valence-corrected chi connectivity index (χ4v) is 3.01. The highest BCUT2D eigenvalue weighted by Gasteiger charge is 2.19.